The molecule has 0 aromatic carbocycles. The molecule has 1 saturated carbocycles. The van der Waals surface area contributed by atoms with Gasteiger partial charge in [0.1, 0.15) is 11.0 Å². The standard InChI is InChI=1S/C13H19N3O5/c1-12(2,3)21-11(20)14-7-4-5-13(6-7)8(17)15-10(19)16-9(13)18/h7H,4-6H2,1-3H3,(H,14,20)(H2,15,16,17,18,19). The van der Waals surface area contributed by atoms with Gasteiger partial charge in [-0.3, -0.25) is 20.2 Å². The van der Waals surface area contributed by atoms with Gasteiger partial charge in [0, 0.05) is 6.04 Å². The Morgan fingerprint density at radius 3 is 2.33 bits per heavy atom. The van der Waals surface area contributed by atoms with Gasteiger partial charge in [0.15, 0.2) is 0 Å². The number of alkyl carbamates (subject to hydrolysis) is 1. The molecule has 2 rings (SSSR count). The van der Waals surface area contributed by atoms with E-state index in [1.165, 1.54) is 0 Å². The molecule has 1 saturated heterocycles. The van der Waals surface area contributed by atoms with Gasteiger partial charge in [0.2, 0.25) is 11.8 Å². The molecule has 0 bridgehead atoms. The van der Waals surface area contributed by atoms with Crippen molar-refractivity contribution in [1.29, 1.82) is 0 Å². The van der Waals surface area contributed by atoms with Crippen LogP contribution in [0.25, 0.3) is 0 Å². The van der Waals surface area contributed by atoms with Gasteiger partial charge in [-0.2, -0.15) is 0 Å². The molecule has 1 atom stereocenters. The van der Waals surface area contributed by atoms with Crippen LogP contribution in [0.2, 0.25) is 0 Å². The van der Waals surface area contributed by atoms with Gasteiger partial charge in [-0.05, 0) is 40.0 Å². The Morgan fingerprint density at radius 2 is 1.81 bits per heavy atom. The molecule has 0 aromatic rings. The highest BCUT2D eigenvalue weighted by atomic mass is 16.6. The van der Waals surface area contributed by atoms with Gasteiger partial charge in [-0.25, -0.2) is 9.59 Å². The SMILES string of the molecule is CC(C)(C)OC(=O)NC1CCC2(C1)C(=O)NC(=O)NC2=O. The van der Waals surface area contributed by atoms with Crippen molar-refractivity contribution in [3.8, 4) is 0 Å². The zero-order valence-electron chi connectivity index (χ0n) is 12.2. The summed E-state index contributed by atoms with van der Waals surface area (Å²) in [5, 5.41) is 6.85. The van der Waals surface area contributed by atoms with Gasteiger partial charge in [0.05, 0.1) is 0 Å². The van der Waals surface area contributed by atoms with Crippen molar-refractivity contribution in [2.24, 2.45) is 5.41 Å². The molecule has 0 aromatic heterocycles. The minimum Gasteiger partial charge on any atom is -0.444 e. The Morgan fingerprint density at radius 1 is 1.24 bits per heavy atom. The third-order valence-electron chi connectivity index (χ3n) is 3.56. The molecule has 1 heterocycles. The molecular formula is C13H19N3O5. The monoisotopic (exact) mass is 297 g/mol. The molecule has 116 valence electrons. The van der Waals surface area contributed by atoms with E-state index in [1.807, 2.05) is 0 Å². The lowest BCUT2D eigenvalue weighted by Gasteiger charge is -2.30. The zero-order valence-corrected chi connectivity index (χ0v) is 12.2. The van der Waals surface area contributed by atoms with Crippen molar-refractivity contribution < 1.29 is 23.9 Å². The van der Waals surface area contributed by atoms with Crippen molar-refractivity contribution >= 4 is 23.9 Å². The number of hydrogen-bond acceptors (Lipinski definition) is 5. The molecule has 2 fully saturated rings. The minimum absolute atomic E-state index is 0.150. The van der Waals surface area contributed by atoms with Gasteiger partial charge < -0.3 is 10.1 Å². The van der Waals surface area contributed by atoms with E-state index in [2.05, 4.69) is 16.0 Å². The van der Waals surface area contributed by atoms with Crippen molar-refractivity contribution in [1.82, 2.24) is 16.0 Å². The van der Waals surface area contributed by atoms with Gasteiger partial charge in [-0.15, -0.1) is 0 Å². The van der Waals surface area contributed by atoms with Crippen molar-refractivity contribution in [3.05, 3.63) is 0 Å². The predicted molar refractivity (Wildman–Crippen MR) is 71.1 cm³/mol. The molecule has 3 N–H and O–H groups in total. The summed E-state index contributed by atoms with van der Waals surface area (Å²) in [7, 11) is 0. The zero-order chi connectivity index (χ0) is 15.8. The lowest BCUT2D eigenvalue weighted by Crippen LogP contribution is -2.61. The van der Waals surface area contributed by atoms with Crippen LogP contribution in [0, 0.1) is 5.41 Å². The van der Waals surface area contributed by atoms with E-state index in [-0.39, 0.29) is 18.9 Å². The van der Waals surface area contributed by atoms with E-state index in [0.717, 1.165) is 0 Å². The number of imide groups is 2. The second kappa shape index (κ2) is 5.01. The van der Waals surface area contributed by atoms with E-state index < -0.39 is 35.0 Å². The first-order chi connectivity index (χ1) is 9.62. The van der Waals surface area contributed by atoms with Crippen LogP contribution in [-0.2, 0) is 14.3 Å². The van der Waals surface area contributed by atoms with E-state index in [0.29, 0.717) is 6.42 Å². The van der Waals surface area contributed by atoms with Crippen LogP contribution < -0.4 is 16.0 Å². The maximum absolute atomic E-state index is 12.0. The number of carbonyl (C=O) groups is 4. The smallest absolute Gasteiger partial charge is 0.407 e. The van der Waals surface area contributed by atoms with Crippen LogP contribution in [0.3, 0.4) is 0 Å². The van der Waals surface area contributed by atoms with E-state index in [9.17, 15) is 19.2 Å². The normalized spacial score (nSPS) is 24.5. The Labute approximate surface area is 122 Å². The van der Waals surface area contributed by atoms with Crippen LogP contribution in [0.15, 0.2) is 0 Å². The topological polar surface area (TPSA) is 114 Å². The molecule has 1 aliphatic heterocycles. The summed E-state index contributed by atoms with van der Waals surface area (Å²) in [5.74, 6) is -1.21. The fourth-order valence-corrected chi connectivity index (χ4v) is 2.64. The van der Waals surface area contributed by atoms with Crippen molar-refractivity contribution in [2.45, 2.75) is 51.7 Å². The maximum Gasteiger partial charge on any atom is 0.407 e. The second-order valence-corrected chi connectivity index (χ2v) is 6.41. The highest BCUT2D eigenvalue weighted by Crippen LogP contribution is 2.40. The van der Waals surface area contributed by atoms with Crippen molar-refractivity contribution in [2.75, 3.05) is 0 Å². The first-order valence-corrected chi connectivity index (χ1v) is 6.79. The van der Waals surface area contributed by atoms with Crippen LogP contribution in [-0.4, -0.2) is 35.6 Å². The van der Waals surface area contributed by atoms with Crippen LogP contribution in [0.5, 0.6) is 0 Å². The lowest BCUT2D eigenvalue weighted by atomic mass is 9.82. The van der Waals surface area contributed by atoms with E-state index >= 15 is 0 Å². The Kier molecular flexibility index (Phi) is 3.65. The first-order valence-electron chi connectivity index (χ1n) is 6.79. The summed E-state index contributed by atoms with van der Waals surface area (Å²) in [6.07, 6.45) is 0.307. The summed E-state index contributed by atoms with van der Waals surface area (Å²) < 4.78 is 5.14. The predicted octanol–water partition coefficient (Wildman–Crippen LogP) is 0.416. The number of carbonyl (C=O) groups excluding carboxylic acids is 4. The third kappa shape index (κ3) is 3.14. The number of nitrogens with one attached hydrogen (secondary N) is 3. The lowest BCUT2D eigenvalue weighted by molar-refractivity contribution is -0.144. The maximum atomic E-state index is 12.0. The molecule has 8 nitrogen and oxygen atoms in total. The molecule has 1 spiro atoms. The molecule has 1 unspecified atom stereocenters. The second-order valence-electron chi connectivity index (χ2n) is 6.41. The quantitative estimate of drug-likeness (QED) is 0.607. The van der Waals surface area contributed by atoms with Gasteiger partial charge in [0.25, 0.3) is 0 Å². The molecular weight excluding hydrogens is 278 g/mol. The molecule has 21 heavy (non-hydrogen) atoms. The largest absolute Gasteiger partial charge is 0.444 e. The number of ether oxygens (including phenoxy) is 1. The summed E-state index contributed by atoms with van der Waals surface area (Å²) in [6, 6.07) is -1.15. The minimum atomic E-state index is -1.28. The van der Waals surface area contributed by atoms with Crippen LogP contribution in [0.1, 0.15) is 40.0 Å². The number of amides is 5. The van der Waals surface area contributed by atoms with Crippen molar-refractivity contribution in [3.63, 3.8) is 0 Å². The fourth-order valence-electron chi connectivity index (χ4n) is 2.64. The van der Waals surface area contributed by atoms with Crippen LogP contribution >= 0.6 is 0 Å². The molecule has 1 aliphatic carbocycles. The first kappa shape index (κ1) is 15.3. The average molecular weight is 297 g/mol. The Hall–Kier alpha value is -2.12. The number of hydrogen-bond donors (Lipinski definition) is 3. The number of barbiturate groups is 1. The van der Waals surface area contributed by atoms with Gasteiger partial charge in [-0.1, -0.05) is 0 Å². The van der Waals surface area contributed by atoms with Gasteiger partial charge >= 0.3 is 12.1 Å². The molecule has 8 heteroatoms. The summed E-state index contributed by atoms with van der Waals surface area (Å²) >= 11 is 0. The number of urea groups is 1. The highest BCUT2D eigenvalue weighted by molar-refractivity contribution is 6.19. The number of rotatable bonds is 1. The summed E-state index contributed by atoms with van der Waals surface area (Å²) in [6.45, 7) is 5.24. The summed E-state index contributed by atoms with van der Waals surface area (Å²) in [5.41, 5.74) is -1.90. The average Bonchev–Trinajstić information content (AvgIpc) is 2.69. The van der Waals surface area contributed by atoms with Crippen LogP contribution in [0.4, 0.5) is 9.59 Å². The molecule has 0 radical (unpaired) electrons. The Bertz CT molecular complexity index is 488. The summed E-state index contributed by atoms with van der Waals surface area (Å²) in [4.78, 5) is 46.7. The van der Waals surface area contributed by atoms with E-state index in [4.69, 9.17) is 4.74 Å². The van der Waals surface area contributed by atoms with E-state index in [1.54, 1.807) is 20.8 Å². The highest BCUT2D eigenvalue weighted by Gasteiger charge is 2.54. The molecule has 2 aliphatic rings. The Balaban J connectivity index is 2.00. The fraction of sp³-hybridized carbons (Fsp3) is 0.692. The molecule has 5 amide bonds. The third-order valence-corrected chi connectivity index (χ3v) is 3.56.